The first-order valence-corrected chi connectivity index (χ1v) is 12.6. The highest BCUT2D eigenvalue weighted by molar-refractivity contribution is 5.79. The van der Waals surface area contributed by atoms with Crippen LogP contribution in [0.4, 0.5) is 4.39 Å². The first-order chi connectivity index (χ1) is 15.1. The summed E-state index contributed by atoms with van der Waals surface area (Å²) in [6.45, 7) is 5.63. The maximum absolute atomic E-state index is 14.8. The Balaban J connectivity index is 1.55. The number of imidazole rings is 1. The molecule has 0 aliphatic heterocycles. The molecule has 170 valence electrons. The number of fused-ring (bicyclic) bond motifs is 1. The van der Waals surface area contributed by atoms with Gasteiger partial charge in [-0.3, -0.25) is 4.79 Å². The number of benzene rings is 1. The maximum Gasteiger partial charge on any atom is 0.224 e. The first-order valence-electron chi connectivity index (χ1n) is 12.6. The van der Waals surface area contributed by atoms with Crippen molar-refractivity contribution in [2.45, 2.75) is 103 Å². The lowest BCUT2D eigenvalue weighted by Gasteiger charge is -2.34. The van der Waals surface area contributed by atoms with Gasteiger partial charge in [0.25, 0.3) is 0 Å². The monoisotopic (exact) mass is 427 g/mol. The second kappa shape index (κ2) is 10.1. The Bertz CT molecular complexity index is 878. The molecule has 1 aromatic heterocycles. The van der Waals surface area contributed by atoms with Gasteiger partial charge >= 0.3 is 0 Å². The number of hydrogen-bond donors (Lipinski definition) is 0. The molecule has 0 bridgehead atoms. The van der Waals surface area contributed by atoms with Crippen LogP contribution >= 0.6 is 0 Å². The normalized spacial score (nSPS) is 22.7. The number of amides is 1. The molecule has 31 heavy (non-hydrogen) atoms. The van der Waals surface area contributed by atoms with E-state index in [1.807, 2.05) is 10.6 Å². The zero-order valence-electron chi connectivity index (χ0n) is 19.3. The number of rotatable bonds is 7. The van der Waals surface area contributed by atoms with Crippen molar-refractivity contribution in [1.82, 2.24) is 14.5 Å². The fraction of sp³-hybridized carbons (Fsp3) is 0.692. The Hall–Kier alpha value is -1.91. The summed E-state index contributed by atoms with van der Waals surface area (Å²) in [5, 5.41) is 0. The minimum atomic E-state index is -0.231. The number of aromatic nitrogens is 2. The lowest BCUT2D eigenvalue weighted by Crippen LogP contribution is -2.41. The van der Waals surface area contributed by atoms with Crippen molar-refractivity contribution in [3.63, 3.8) is 0 Å². The fourth-order valence-corrected chi connectivity index (χ4v) is 5.91. The molecule has 0 spiro atoms. The lowest BCUT2D eigenvalue weighted by molar-refractivity contribution is -0.134. The average Bonchev–Trinajstić information content (AvgIpc) is 3.19. The Morgan fingerprint density at radius 2 is 1.84 bits per heavy atom. The van der Waals surface area contributed by atoms with Crippen molar-refractivity contribution < 1.29 is 9.18 Å². The predicted octanol–water partition coefficient (Wildman–Crippen LogP) is 6.43. The molecule has 0 N–H and O–H groups in total. The molecule has 5 heteroatoms. The Morgan fingerprint density at radius 1 is 1.10 bits per heavy atom. The van der Waals surface area contributed by atoms with Crippen molar-refractivity contribution in [2.75, 3.05) is 6.54 Å². The molecule has 2 aliphatic rings. The molecule has 1 amide bonds. The highest BCUT2D eigenvalue weighted by Gasteiger charge is 2.28. The third-order valence-electron chi connectivity index (χ3n) is 7.76. The molecule has 4 nitrogen and oxygen atoms in total. The topological polar surface area (TPSA) is 38.1 Å². The van der Waals surface area contributed by atoms with Gasteiger partial charge in [-0.05, 0) is 63.5 Å². The fourth-order valence-electron chi connectivity index (χ4n) is 5.91. The van der Waals surface area contributed by atoms with Crippen molar-refractivity contribution in [3.05, 3.63) is 29.8 Å². The van der Waals surface area contributed by atoms with Crippen molar-refractivity contribution in [1.29, 1.82) is 0 Å². The van der Waals surface area contributed by atoms with Crippen LogP contribution in [-0.2, 0) is 11.3 Å². The molecule has 0 unspecified atom stereocenters. The van der Waals surface area contributed by atoms with E-state index < -0.39 is 0 Å². The van der Waals surface area contributed by atoms with E-state index in [1.54, 1.807) is 6.07 Å². The summed E-state index contributed by atoms with van der Waals surface area (Å²) >= 11 is 0. The van der Waals surface area contributed by atoms with E-state index in [1.165, 1.54) is 44.6 Å². The summed E-state index contributed by atoms with van der Waals surface area (Å²) in [5.74, 6) is 2.13. The second-order valence-corrected chi connectivity index (χ2v) is 9.58. The number of carbonyl (C=O) groups is 1. The van der Waals surface area contributed by atoms with E-state index in [9.17, 15) is 9.18 Å². The van der Waals surface area contributed by atoms with Gasteiger partial charge in [-0.1, -0.05) is 38.7 Å². The van der Waals surface area contributed by atoms with E-state index in [2.05, 4.69) is 18.7 Å². The number of para-hydroxylation sites is 1. The molecular weight excluding hydrogens is 389 g/mol. The number of carbonyl (C=O) groups excluding carboxylic acids is 1. The number of aryl methyl sites for hydroxylation is 1. The van der Waals surface area contributed by atoms with Gasteiger partial charge in [-0.2, -0.15) is 0 Å². The standard InChI is InChI=1S/C26H38FN3O/c1-3-19-13-15-20(16-14-19)26-28-23-12-8-11-22(27)25(23)30(26)18-17-24(31)29(4-2)21-9-6-5-7-10-21/h8,11-12,19-21H,3-7,9-10,13-18H2,1-2H3/t19-,20-. The van der Waals surface area contributed by atoms with Gasteiger partial charge in [0, 0.05) is 31.5 Å². The summed E-state index contributed by atoms with van der Waals surface area (Å²) in [6, 6.07) is 5.53. The summed E-state index contributed by atoms with van der Waals surface area (Å²) < 4.78 is 16.9. The molecule has 0 atom stereocenters. The van der Waals surface area contributed by atoms with E-state index in [-0.39, 0.29) is 11.7 Å². The Kier molecular flexibility index (Phi) is 7.29. The van der Waals surface area contributed by atoms with Crippen LogP contribution in [0.3, 0.4) is 0 Å². The first kappa shape index (κ1) is 22.3. The summed E-state index contributed by atoms with van der Waals surface area (Å²) in [4.78, 5) is 20.1. The van der Waals surface area contributed by atoms with Gasteiger partial charge in [-0.15, -0.1) is 0 Å². The highest BCUT2D eigenvalue weighted by Crippen LogP contribution is 2.38. The average molecular weight is 428 g/mol. The van der Waals surface area contributed by atoms with E-state index in [0.717, 1.165) is 49.5 Å². The molecule has 1 aromatic carbocycles. The van der Waals surface area contributed by atoms with Gasteiger partial charge in [0.1, 0.15) is 17.2 Å². The largest absolute Gasteiger partial charge is 0.340 e. The smallest absolute Gasteiger partial charge is 0.224 e. The van der Waals surface area contributed by atoms with Crippen LogP contribution in [0.15, 0.2) is 18.2 Å². The molecule has 2 fully saturated rings. The van der Waals surface area contributed by atoms with E-state index in [0.29, 0.717) is 30.4 Å². The second-order valence-electron chi connectivity index (χ2n) is 9.58. The minimum absolute atomic E-state index is 0.202. The van der Waals surface area contributed by atoms with Crippen LogP contribution in [0.1, 0.15) is 96.2 Å². The quantitative estimate of drug-likeness (QED) is 0.510. The molecule has 2 saturated carbocycles. The van der Waals surface area contributed by atoms with Gasteiger partial charge in [0.2, 0.25) is 5.91 Å². The third-order valence-corrected chi connectivity index (χ3v) is 7.76. The van der Waals surface area contributed by atoms with Crippen LogP contribution < -0.4 is 0 Å². The summed E-state index contributed by atoms with van der Waals surface area (Å²) in [5.41, 5.74) is 1.29. The zero-order valence-corrected chi connectivity index (χ0v) is 19.3. The van der Waals surface area contributed by atoms with Crippen molar-refractivity contribution in [2.24, 2.45) is 5.92 Å². The molecule has 1 heterocycles. The van der Waals surface area contributed by atoms with Crippen LogP contribution in [0.2, 0.25) is 0 Å². The lowest BCUT2D eigenvalue weighted by atomic mass is 9.80. The Morgan fingerprint density at radius 3 is 2.52 bits per heavy atom. The van der Waals surface area contributed by atoms with Gasteiger partial charge < -0.3 is 9.47 Å². The maximum atomic E-state index is 14.8. The van der Waals surface area contributed by atoms with Gasteiger partial charge in [0.05, 0.1) is 5.52 Å². The molecule has 0 saturated heterocycles. The van der Waals surface area contributed by atoms with Crippen LogP contribution in [0, 0.1) is 11.7 Å². The molecule has 0 radical (unpaired) electrons. The van der Waals surface area contributed by atoms with E-state index >= 15 is 0 Å². The summed E-state index contributed by atoms with van der Waals surface area (Å²) in [7, 11) is 0. The van der Waals surface area contributed by atoms with Crippen LogP contribution in [0.25, 0.3) is 11.0 Å². The Labute approximate surface area is 186 Å². The van der Waals surface area contributed by atoms with Gasteiger partial charge in [-0.25, -0.2) is 9.37 Å². The van der Waals surface area contributed by atoms with Crippen molar-refractivity contribution >= 4 is 16.9 Å². The molecule has 2 aromatic rings. The number of nitrogens with zero attached hydrogens (tertiary/aromatic N) is 3. The molecule has 4 rings (SSSR count). The SMILES string of the molecule is CCN(C(=O)CCn1c2c(F)cccc2nc1[C@H]1CC[C@H](CC)CC1)C1CCCCC1. The predicted molar refractivity (Wildman–Crippen MR) is 124 cm³/mol. The zero-order chi connectivity index (χ0) is 21.8. The van der Waals surface area contributed by atoms with E-state index in [4.69, 9.17) is 4.98 Å². The minimum Gasteiger partial charge on any atom is -0.340 e. The highest BCUT2D eigenvalue weighted by atomic mass is 19.1. The van der Waals surface area contributed by atoms with Crippen molar-refractivity contribution in [3.8, 4) is 0 Å². The van der Waals surface area contributed by atoms with Crippen LogP contribution in [-0.4, -0.2) is 32.9 Å². The van der Waals surface area contributed by atoms with Gasteiger partial charge in [0.15, 0.2) is 0 Å². The molecule has 2 aliphatic carbocycles. The third kappa shape index (κ3) is 4.80. The van der Waals surface area contributed by atoms with Crippen LogP contribution in [0.5, 0.6) is 0 Å². The summed E-state index contributed by atoms with van der Waals surface area (Å²) in [6.07, 6.45) is 12.3. The number of halogens is 1. The molecular formula is C26H38FN3O. The number of hydrogen-bond acceptors (Lipinski definition) is 2.